The van der Waals surface area contributed by atoms with Crippen molar-refractivity contribution in [2.45, 2.75) is 12.3 Å². The molecule has 128 valence electrons. The molecule has 3 aromatic rings. The molecule has 0 aliphatic carbocycles. The van der Waals surface area contributed by atoms with Crippen molar-refractivity contribution in [2.24, 2.45) is 7.05 Å². The maximum Gasteiger partial charge on any atom is 0.253 e. The fraction of sp³-hybridized carbons (Fsp3) is 0.278. The number of pyridine rings is 1. The summed E-state index contributed by atoms with van der Waals surface area (Å²) in [7, 11) is 1.94. The number of carbonyl (C=O) groups excluding carboxylic acids is 1. The number of hydrogen-bond acceptors (Lipinski definition) is 3. The number of aromatic nitrogens is 3. The molecule has 1 amide bonds. The van der Waals surface area contributed by atoms with E-state index in [-0.39, 0.29) is 17.4 Å². The number of rotatable bonds is 2. The van der Waals surface area contributed by atoms with E-state index in [4.69, 9.17) is 0 Å². The highest BCUT2D eigenvalue weighted by Gasteiger charge is 2.31. The summed E-state index contributed by atoms with van der Waals surface area (Å²) >= 11 is 0. The highest BCUT2D eigenvalue weighted by atomic mass is 19.2. The van der Waals surface area contributed by atoms with E-state index in [1.165, 1.54) is 6.07 Å². The van der Waals surface area contributed by atoms with Gasteiger partial charge in [0, 0.05) is 37.8 Å². The molecule has 1 aliphatic heterocycles. The van der Waals surface area contributed by atoms with Gasteiger partial charge in [-0.2, -0.15) is 0 Å². The Labute approximate surface area is 142 Å². The number of nitrogens with zero attached hydrogens (tertiary/aromatic N) is 4. The molecule has 1 atom stereocenters. The maximum atomic E-state index is 13.4. The van der Waals surface area contributed by atoms with E-state index >= 15 is 0 Å². The van der Waals surface area contributed by atoms with Crippen LogP contribution in [0.4, 0.5) is 8.78 Å². The highest BCUT2D eigenvalue weighted by Crippen LogP contribution is 2.29. The lowest BCUT2D eigenvalue weighted by atomic mass is 10.1. The number of halogens is 2. The summed E-state index contributed by atoms with van der Waals surface area (Å²) in [6.45, 7) is 1.06. The molecule has 0 N–H and O–H groups in total. The first-order chi connectivity index (χ1) is 12.0. The van der Waals surface area contributed by atoms with Gasteiger partial charge in [-0.3, -0.25) is 9.78 Å². The van der Waals surface area contributed by atoms with E-state index in [2.05, 4.69) is 9.97 Å². The lowest BCUT2D eigenvalue weighted by Crippen LogP contribution is -2.28. The van der Waals surface area contributed by atoms with Gasteiger partial charge < -0.3 is 9.47 Å². The third-order valence-electron chi connectivity index (χ3n) is 4.72. The van der Waals surface area contributed by atoms with E-state index in [1.807, 2.05) is 17.7 Å². The minimum absolute atomic E-state index is 0.103. The Morgan fingerprint density at radius 2 is 2.08 bits per heavy atom. The standard InChI is InChI=1S/C18H16F2N4O/c1-23-16-9-21-6-4-15(16)22-17(23)12-5-7-24(10-12)18(25)11-2-3-13(19)14(20)8-11/h2-4,6,8-9,12H,5,7,10H2,1H3/t12-/m1/s1. The Bertz CT molecular complexity index is 969. The van der Waals surface area contributed by atoms with Gasteiger partial charge in [-0.05, 0) is 30.7 Å². The van der Waals surface area contributed by atoms with Gasteiger partial charge >= 0.3 is 0 Å². The molecule has 4 rings (SSSR count). The second kappa shape index (κ2) is 5.91. The van der Waals surface area contributed by atoms with Crippen molar-refractivity contribution in [3.8, 4) is 0 Å². The molecular weight excluding hydrogens is 326 g/mol. The largest absolute Gasteiger partial charge is 0.338 e. The summed E-state index contributed by atoms with van der Waals surface area (Å²) < 4.78 is 28.4. The van der Waals surface area contributed by atoms with Gasteiger partial charge in [-0.1, -0.05) is 0 Å². The Morgan fingerprint density at radius 3 is 2.84 bits per heavy atom. The predicted molar refractivity (Wildman–Crippen MR) is 88.1 cm³/mol. The average Bonchev–Trinajstić information content (AvgIpc) is 3.22. The molecule has 25 heavy (non-hydrogen) atoms. The van der Waals surface area contributed by atoms with E-state index < -0.39 is 11.6 Å². The molecular formula is C18H16F2N4O. The highest BCUT2D eigenvalue weighted by molar-refractivity contribution is 5.94. The molecule has 1 aromatic carbocycles. The number of hydrogen-bond donors (Lipinski definition) is 0. The van der Waals surface area contributed by atoms with E-state index in [0.29, 0.717) is 13.1 Å². The molecule has 0 saturated carbocycles. The van der Waals surface area contributed by atoms with Crippen LogP contribution in [-0.2, 0) is 7.05 Å². The summed E-state index contributed by atoms with van der Waals surface area (Å²) in [5, 5.41) is 0. The van der Waals surface area contributed by atoms with Gasteiger partial charge in [-0.15, -0.1) is 0 Å². The van der Waals surface area contributed by atoms with Crippen LogP contribution in [0.2, 0.25) is 0 Å². The first kappa shape index (κ1) is 15.7. The SMILES string of the molecule is Cn1c([C@@H]2CCN(C(=O)c3ccc(F)c(F)c3)C2)nc2ccncc21. The fourth-order valence-corrected chi connectivity index (χ4v) is 3.39. The van der Waals surface area contributed by atoms with Gasteiger partial charge in [0.05, 0.1) is 17.2 Å². The van der Waals surface area contributed by atoms with Crippen LogP contribution in [0.5, 0.6) is 0 Å². The van der Waals surface area contributed by atoms with Crippen molar-refractivity contribution < 1.29 is 13.6 Å². The number of carbonyl (C=O) groups is 1. The van der Waals surface area contributed by atoms with E-state index in [0.717, 1.165) is 35.4 Å². The van der Waals surface area contributed by atoms with Crippen LogP contribution in [-0.4, -0.2) is 38.4 Å². The monoisotopic (exact) mass is 342 g/mol. The smallest absolute Gasteiger partial charge is 0.253 e. The van der Waals surface area contributed by atoms with Crippen molar-refractivity contribution in [3.05, 3.63) is 59.7 Å². The molecule has 1 aliphatic rings. The van der Waals surface area contributed by atoms with Crippen LogP contribution in [0, 0.1) is 11.6 Å². The first-order valence-corrected chi connectivity index (χ1v) is 8.05. The van der Waals surface area contributed by atoms with Crippen LogP contribution in [0.3, 0.4) is 0 Å². The topological polar surface area (TPSA) is 51.0 Å². The van der Waals surface area contributed by atoms with Gasteiger partial charge in [0.2, 0.25) is 0 Å². The van der Waals surface area contributed by atoms with E-state index in [1.54, 1.807) is 17.3 Å². The molecule has 1 fully saturated rings. The summed E-state index contributed by atoms with van der Waals surface area (Å²) in [6.07, 6.45) is 4.25. The fourth-order valence-electron chi connectivity index (χ4n) is 3.39. The van der Waals surface area contributed by atoms with Gasteiger partial charge in [0.25, 0.3) is 5.91 Å². The van der Waals surface area contributed by atoms with Crippen LogP contribution >= 0.6 is 0 Å². The number of amides is 1. The van der Waals surface area contributed by atoms with Gasteiger partial charge in [0.1, 0.15) is 5.82 Å². The molecule has 2 aromatic heterocycles. The molecule has 3 heterocycles. The maximum absolute atomic E-state index is 13.4. The number of aryl methyl sites for hydroxylation is 1. The zero-order chi connectivity index (χ0) is 17.6. The zero-order valence-corrected chi connectivity index (χ0v) is 13.6. The molecule has 1 saturated heterocycles. The zero-order valence-electron chi connectivity index (χ0n) is 13.6. The Hall–Kier alpha value is -2.83. The minimum Gasteiger partial charge on any atom is -0.338 e. The molecule has 5 nitrogen and oxygen atoms in total. The number of benzene rings is 1. The molecule has 0 spiro atoms. The summed E-state index contributed by atoms with van der Waals surface area (Å²) in [5.41, 5.74) is 1.98. The van der Waals surface area contributed by atoms with Gasteiger partial charge in [0.15, 0.2) is 11.6 Å². The Balaban J connectivity index is 1.57. The first-order valence-electron chi connectivity index (χ1n) is 8.05. The predicted octanol–water partition coefficient (Wildman–Crippen LogP) is 2.88. The van der Waals surface area contributed by atoms with Crippen LogP contribution in [0.25, 0.3) is 11.0 Å². The summed E-state index contributed by atoms with van der Waals surface area (Å²) in [4.78, 5) is 23.0. The van der Waals surface area contributed by atoms with Crippen molar-refractivity contribution in [1.82, 2.24) is 19.4 Å². The molecule has 7 heteroatoms. The van der Waals surface area contributed by atoms with E-state index in [9.17, 15) is 13.6 Å². The van der Waals surface area contributed by atoms with Crippen molar-refractivity contribution >= 4 is 16.9 Å². The lowest BCUT2D eigenvalue weighted by Gasteiger charge is -2.16. The molecule has 0 unspecified atom stereocenters. The summed E-state index contributed by atoms with van der Waals surface area (Å²) in [5.74, 6) is -1.24. The third kappa shape index (κ3) is 2.65. The van der Waals surface area contributed by atoms with Crippen LogP contribution in [0.15, 0.2) is 36.7 Å². The number of fused-ring (bicyclic) bond motifs is 1. The summed E-state index contributed by atoms with van der Waals surface area (Å²) in [6, 6.07) is 5.10. The minimum atomic E-state index is -1.01. The number of likely N-dealkylation sites (tertiary alicyclic amines) is 1. The number of imidazole rings is 1. The van der Waals surface area contributed by atoms with Gasteiger partial charge in [-0.25, -0.2) is 13.8 Å². The molecule has 0 radical (unpaired) electrons. The van der Waals surface area contributed by atoms with Crippen molar-refractivity contribution in [1.29, 1.82) is 0 Å². The van der Waals surface area contributed by atoms with Crippen LogP contribution in [0.1, 0.15) is 28.5 Å². The lowest BCUT2D eigenvalue weighted by molar-refractivity contribution is 0.0790. The molecule has 0 bridgehead atoms. The second-order valence-electron chi connectivity index (χ2n) is 6.26. The Kier molecular flexibility index (Phi) is 3.71. The quantitative estimate of drug-likeness (QED) is 0.720. The third-order valence-corrected chi connectivity index (χ3v) is 4.72. The Morgan fingerprint density at radius 1 is 1.24 bits per heavy atom. The van der Waals surface area contributed by atoms with Crippen molar-refractivity contribution in [2.75, 3.05) is 13.1 Å². The van der Waals surface area contributed by atoms with Crippen LogP contribution < -0.4 is 0 Å². The van der Waals surface area contributed by atoms with Crippen molar-refractivity contribution in [3.63, 3.8) is 0 Å². The average molecular weight is 342 g/mol. The normalized spacial score (nSPS) is 17.4. The second-order valence-corrected chi connectivity index (χ2v) is 6.26.